The van der Waals surface area contributed by atoms with Crippen LogP contribution in [0.25, 0.3) is 0 Å². The van der Waals surface area contributed by atoms with Gasteiger partial charge in [-0.1, -0.05) is 18.8 Å². The predicted octanol–water partition coefficient (Wildman–Crippen LogP) is 2.38. The van der Waals surface area contributed by atoms with Crippen LogP contribution < -0.4 is 16.4 Å². The van der Waals surface area contributed by atoms with Crippen molar-refractivity contribution in [1.29, 1.82) is 0 Å². The van der Waals surface area contributed by atoms with E-state index in [4.69, 9.17) is 10.5 Å². The number of anilines is 2. The minimum atomic E-state index is -0.634. The summed E-state index contributed by atoms with van der Waals surface area (Å²) in [4.78, 5) is 33.7. The zero-order valence-electron chi connectivity index (χ0n) is 18.8. The van der Waals surface area contributed by atoms with Crippen LogP contribution in [0.2, 0.25) is 0 Å². The minimum absolute atomic E-state index is 0.201. The van der Waals surface area contributed by atoms with Crippen molar-refractivity contribution in [2.45, 2.75) is 65.5 Å². The van der Waals surface area contributed by atoms with E-state index in [0.717, 1.165) is 13.0 Å². The maximum atomic E-state index is 12.3. The van der Waals surface area contributed by atoms with Crippen molar-refractivity contribution >= 4 is 23.8 Å². The van der Waals surface area contributed by atoms with Crippen LogP contribution in [-0.2, 0) is 9.53 Å². The number of nitrogens with one attached hydrogen (secondary N) is 2. The Morgan fingerprint density at radius 1 is 1.33 bits per heavy atom. The van der Waals surface area contributed by atoms with Crippen molar-refractivity contribution < 1.29 is 14.3 Å². The Bertz CT molecular complexity index is 779. The average Bonchev–Trinajstić information content (AvgIpc) is 2.67. The van der Waals surface area contributed by atoms with Crippen molar-refractivity contribution in [2.24, 2.45) is 0 Å². The van der Waals surface area contributed by atoms with Gasteiger partial charge < -0.3 is 21.1 Å². The van der Waals surface area contributed by atoms with Crippen LogP contribution in [0.15, 0.2) is 6.20 Å². The molecule has 0 aromatic carbocycles. The first-order valence-electron chi connectivity index (χ1n) is 10.1. The molecule has 1 aromatic rings. The molecular formula is C21H34N6O3. The van der Waals surface area contributed by atoms with Crippen LogP contribution in [0.5, 0.6) is 0 Å². The number of ether oxygens (including phenoxy) is 1. The maximum Gasteiger partial charge on any atom is 0.410 e. The van der Waals surface area contributed by atoms with Gasteiger partial charge in [-0.3, -0.25) is 9.69 Å². The lowest BCUT2D eigenvalue weighted by molar-refractivity contribution is -0.125. The Morgan fingerprint density at radius 2 is 2.03 bits per heavy atom. The molecule has 0 aliphatic rings. The fourth-order valence-corrected chi connectivity index (χ4v) is 2.23. The number of carbonyl (C=O) groups is 2. The van der Waals surface area contributed by atoms with Crippen molar-refractivity contribution in [2.75, 3.05) is 31.2 Å². The molecule has 9 nitrogen and oxygen atoms in total. The van der Waals surface area contributed by atoms with E-state index >= 15 is 0 Å². The Kier molecular flexibility index (Phi) is 9.89. The third-order valence-corrected chi connectivity index (χ3v) is 3.99. The summed E-state index contributed by atoms with van der Waals surface area (Å²) >= 11 is 0. The molecule has 166 valence electrons. The van der Waals surface area contributed by atoms with E-state index in [9.17, 15) is 9.59 Å². The topological polar surface area (TPSA) is 122 Å². The van der Waals surface area contributed by atoms with Crippen molar-refractivity contribution in [3.63, 3.8) is 0 Å². The molecule has 0 aliphatic carbocycles. The molecule has 9 heteroatoms. The summed E-state index contributed by atoms with van der Waals surface area (Å²) in [5.74, 6) is 6.69. The molecular weight excluding hydrogens is 384 g/mol. The first-order valence-corrected chi connectivity index (χ1v) is 10.1. The summed E-state index contributed by atoms with van der Waals surface area (Å²) in [6.07, 6.45) is 3.29. The van der Waals surface area contributed by atoms with E-state index in [1.165, 1.54) is 4.90 Å². The fourth-order valence-electron chi connectivity index (χ4n) is 2.23. The molecule has 30 heavy (non-hydrogen) atoms. The third kappa shape index (κ3) is 8.99. The Morgan fingerprint density at radius 3 is 2.67 bits per heavy atom. The second-order valence-electron chi connectivity index (χ2n) is 7.88. The lowest BCUT2D eigenvalue weighted by Gasteiger charge is -2.28. The molecule has 0 saturated heterocycles. The lowest BCUT2D eigenvalue weighted by atomic mass is 10.2. The molecule has 4 N–H and O–H groups in total. The number of nitrogens with zero attached hydrogens (tertiary/aromatic N) is 3. The van der Waals surface area contributed by atoms with Crippen molar-refractivity contribution in [1.82, 2.24) is 20.2 Å². The largest absolute Gasteiger partial charge is 0.444 e. The molecule has 2 amide bonds. The van der Waals surface area contributed by atoms with E-state index < -0.39 is 17.7 Å². The minimum Gasteiger partial charge on any atom is -0.444 e. The summed E-state index contributed by atoms with van der Waals surface area (Å²) in [5, 5.41) is 6.00. The number of carbonyl (C=O) groups excluding carboxylic acids is 2. The van der Waals surface area contributed by atoms with Gasteiger partial charge in [-0.2, -0.15) is 4.98 Å². The van der Waals surface area contributed by atoms with Gasteiger partial charge in [-0.15, -0.1) is 0 Å². The molecule has 0 saturated carbocycles. The van der Waals surface area contributed by atoms with E-state index in [1.807, 2.05) is 0 Å². The molecule has 0 fully saturated rings. The molecule has 0 radical (unpaired) electrons. The number of hydrogen-bond acceptors (Lipinski definition) is 7. The van der Waals surface area contributed by atoms with Gasteiger partial charge in [0, 0.05) is 26.6 Å². The number of nitrogens with two attached hydrogens (primary N) is 1. The van der Waals surface area contributed by atoms with Crippen LogP contribution in [0.1, 0.15) is 59.4 Å². The van der Waals surface area contributed by atoms with Crippen LogP contribution in [-0.4, -0.2) is 58.6 Å². The molecule has 1 aromatic heterocycles. The lowest BCUT2D eigenvalue weighted by Crippen LogP contribution is -2.47. The first kappa shape index (κ1) is 25.0. The highest BCUT2D eigenvalue weighted by atomic mass is 16.6. The first-order chi connectivity index (χ1) is 14.0. The molecule has 0 unspecified atom stereocenters. The van der Waals surface area contributed by atoms with Crippen LogP contribution in [0.4, 0.5) is 16.6 Å². The van der Waals surface area contributed by atoms with Gasteiger partial charge in [0.1, 0.15) is 17.5 Å². The quantitative estimate of drug-likeness (QED) is 0.437. The van der Waals surface area contributed by atoms with Crippen LogP contribution in [0.3, 0.4) is 0 Å². The maximum absolute atomic E-state index is 12.3. The summed E-state index contributed by atoms with van der Waals surface area (Å²) in [6, 6.07) is -0.634. The van der Waals surface area contributed by atoms with E-state index in [1.54, 1.807) is 40.9 Å². The normalized spacial score (nSPS) is 11.7. The fraction of sp³-hybridized carbons (Fsp3) is 0.619. The molecule has 0 spiro atoms. The second kappa shape index (κ2) is 11.9. The average molecular weight is 419 g/mol. The monoisotopic (exact) mass is 418 g/mol. The van der Waals surface area contributed by atoms with Gasteiger partial charge in [-0.25, -0.2) is 9.78 Å². The highest BCUT2D eigenvalue weighted by Gasteiger charge is 2.26. The van der Waals surface area contributed by atoms with Crippen LogP contribution in [0, 0.1) is 11.8 Å². The summed E-state index contributed by atoms with van der Waals surface area (Å²) in [6.45, 7) is 10.3. The van der Waals surface area contributed by atoms with Gasteiger partial charge in [0.05, 0.1) is 11.8 Å². The van der Waals surface area contributed by atoms with Crippen LogP contribution >= 0.6 is 0 Å². The van der Waals surface area contributed by atoms with Crippen molar-refractivity contribution in [3.05, 3.63) is 11.8 Å². The standard InChI is InChI=1S/C21H34N6O3/c1-7-12-23-17-16(14-25-19(22)26-17)11-9-8-10-13-24-18(28)15(2)27(6)20(29)30-21(3,4)5/h14-15H,7-8,10,12-13H2,1-6H3,(H,24,28)(H3,22,23,25,26)/t15-/m1/s1. The number of amides is 2. The van der Waals surface area contributed by atoms with E-state index in [-0.39, 0.29) is 11.9 Å². The zero-order valence-corrected chi connectivity index (χ0v) is 18.8. The van der Waals surface area contributed by atoms with Gasteiger partial charge in [-0.05, 0) is 40.5 Å². The zero-order chi connectivity index (χ0) is 22.7. The Balaban J connectivity index is 2.46. The van der Waals surface area contributed by atoms with E-state index in [2.05, 4.69) is 39.4 Å². The Labute approximate surface area is 179 Å². The summed E-state index contributed by atoms with van der Waals surface area (Å²) in [5.41, 5.74) is 5.71. The molecule has 1 rings (SSSR count). The highest BCUT2D eigenvalue weighted by molar-refractivity contribution is 5.85. The predicted molar refractivity (Wildman–Crippen MR) is 118 cm³/mol. The molecule has 1 heterocycles. The molecule has 0 aliphatic heterocycles. The number of unbranched alkanes of at least 4 members (excludes halogenated alkanes) is 1. The van der Waals surface area contributed by atoms with Gasteiger partial charge in [0.15, 0.2) is 0 Å². The number of nitrogen functional groups attached to an aromatic ring is 1. The van der Waals surface area contributed by atoms with Gasteiger partial charge >= 0.3 is 6.09 Å². The van der Waals surface area contributed by atoms with Crippen molar-refractivity contribution in [3.8, 4) is 11.8 Å². The van der Waals surface area contributed by atoms with E-state index in [0.29, 0.717) is 30.8 Å². The highest BCUT2D eigenvalue weighted by Crippen LogP contribution is 2.12. The molecule has 1 atom stereocenters. The summed E-state index contributed by atoms with van der Waals surface area (Å²) in [7, 11) is 1.54. The SMILES string of the molecule is CCCNc1nc(N)ncc1C#CCCCNC(=O)[C@@H](C)N(C)C(=O)OC(C)(C)C. The second-order valence-corrected chi connectivity index (χ2v) is 7.88. The number of rotatable bonds is 8. The Hall–Kier alpha value is -3.02. The van der Waals surface area contributed by atoms with Gasteiger partial charge in [0.25, 0.3) is 0 Å². The summed E-state index contributed by atoms with van der Waals surface area (Å²) < 4.78 is 5.28. The molecule has 0 bridgehead atoms. The number of likely N-dealkylation sites (N-methyl/N-ethyl adjacent to an activating group) is 1. The number of aromatic nitrogens is 2. The smallest absolute Gasteiger partial charge is 0.410 e. The number of hydrogen-bond donors (Lipinski definition) is 3. The third-order valence-electron chi connectivity index (χ3n) is 3.99. The van der Waals surface area contributed by atoms with Gasteiger partial charge in [0.2, 0.25) is 11.9 Å².